The molecule has 220 valence electrons. The number of hydrogen-bond acceptors (Lipinski definition) is 5. The molecule has 10 heteroatoms. The number of alkyl halides is 3. The van der Waals surface area contributed by atoms with Gasteiger partial charge in [-0.3, -0.25) is 0 Å². The van der Waals surface area contributed by atoms with E-state index in [-0.39, 0.29) is 12.2 Å². The molecule has 5 nitrogen and oxygen atoms in total. The number of carbonyl (C=O) groups excluding carboxylic acids is 2. The standard InChI is InChI=1S/C31H31F5O5/c1-3-4-5-6-7-8-9-28(31(34,35)36)41-30(38)25-17-15-23(19-27(25)33)40-29(37)24-16-12-21(18-26(24)32)20-10-13-22(39-2)14-11-20/h10-19,28H,3-9H2,1-2H3. The van der Waals surface area contributed by atoms with Crippen molar-refractivity contribution in [3.8, 4) is 22.6 Å². The van der Waals surface area contributed by atoms with Gasteiger partial charge in [0.1, 0.15) is 23.1 Å². The van der Waals surface area contributed by atoms with Crippen molar-refractivity contribution in [1.29, 1.82) is 0 Å². The molecule has 3 aromatic carbocycles. The highest BCUT2D eigenvalue weighted by Crippen LogP contribution is 2.29. The Labute approximate surface area is 235 Å². The Morgan fingerprint density at radius 2 is 1.29 bits per heavy atom. The van der Waals surface area contributed by atoms with Crippen LogP contribution in [0.15, 0.2) is 60.7 Å². The maximum atomic E-state index is 14.7. The molecule has 0 radical (unpaired) electrons. The van der Waals surface area contributed by atoms with Crippen molar-refractivity contribution >= 4 is 11.9 Å². The minimum Gasteiger partial charge on any atom is -0.497 e. The van der Waals surface area contributed by atoms with Gasteiger partial charge in [0.2, 0.25) is 0 Å². The fourth-order valence-electron chi connectivity index (χ4n) is 4.12. The molecule has 3 rings (SSSR count). The van der Waals surface area contributed by atoms with E-state index in [1.807, 2.05) is 6.92 Å². The highest BCUT2D eigenvalue weighted by molar-refractivity contribution is 5.93. The van der Waals surface area contributed by atoms with Crippen LogP contribution >= 0.6 is 0 Å². The number of carbonyl (C=O) groups is 2. The second-order valence-corrected chi connectivity index (χ2v) is 9.45. The van der Waals surface area contributed by atoms with Crippen LogP contribution in [0.3, 0.4) is 0 Å². The number of esters is 2. The quantitative estimate of drug-likeness (QED) is 0.0879. The summed E-state index contributed by atoms with van der Waals surface area (Å²) < 4.78 is 84.3. The summed E-state index contributed by atoms with van der Waals surface area (Å²) in [5, 5.41) is 0. The molecular formula is C31H31F5O5. The van der Waals surface area contributed by atoms with E-state index < -0.39 is 53.4 Å². The van der Waals surface area contributed by atoms with Crippen LogP contribution in [0.4, 0.5) is 22.0 Å². The predicted molar refractivity (Wildman–Crippen MR) is 143 cm³/mol. The highest BCUT2D eigenvalue weighted by Gasteiger charge is 2.42. The second kappa shape index (κ2) is 14.6. The minimum absolute atomic E-state index is 0.205. The van der Waals surface area contributed by atoms with Gasteiger partial charge in [-0.1, -0.05) is 57.2 Å². The molecule has 0 saturated carbocycles. The van der Waals surface area contributed by atoms with E-state index in [1.165, 1.54) is 19.2 Å². The number of ether oxygens (including phenoxy) is 3. The summed E-state index contributed by atoms with van der Waals surface area (Å²) in [6.45, 7) is 2.03. The van der Waals surface area contributed by atoms with Crippen molar-refractivity contribution in [1.82, 2.24) is 0 Å². The van der Waals surface area contributed by atoms with Gasteiger partial charge in [-0.05, 0) is 60.4 Å². The van der Waals surface area contributed by atoms with Gasteiger partial charge >= 0.3 is 18.1 Å². The third kappa shape index (κ3) is 9.03. The maximum Gasteiger partial charge on any atom is 0.425 e. The van der Waals surface area contributed by atoms with Gasteiger partial charge in [-0.25, -0.2) is 18.4 Å². The molecule has 0 aromatic heterocycles. The van der Waals surface area contributed by atoms with E-state index in [9.17, 15) is 31.5 Å². The highest BCUT2D eigenvalue weighted by atomic mass is 19.4. The Hall–Kier alpha value is -3.95. The van der Waals surface area contributed by atoms with Crippen molar-refractivity contribution in [2.75, 3.05) is 7.11 Å². The molecule has 1 unspecified atom stereocenters. The van der Waals surface area contributed by atoms with E-state index in [4.69, 9.17) is 9.47 Å². The topological polar surface area (TPSA) is 61.8 Å². The number of benzene rings is 3. The fourth-order valence-corrected chi connectivity index (χ4v) is 4.12. The van der Waals surface area contributed by atoms with Crippen LogP contribution < -0.4 is 9.47 Å². The Bertz CT molecular complexity index is 1320. The van der Waals surface area contributed by atoms with Gasteiger partial charge in [-0.15, -0.1) is 0 Å². The first-order valence-electron chi connectivity index (χ1n) is 13.3. The van der Waals surface area contributed by atoms with Gasteiger partial charge < -0.3 is 14.2 Å². The Morgan fingerprint density at radius 3 is 1.90 bits per heavy atom. The molecule has 0 aliphatic heterocycles. The van der Waals surface area contributed by atoms with E-state index in [0.717, 1.165) is 43.9 Å². The molecule has 0 aliphatic rings. The number of halogens is 5. The van der Waals surface area contributed by atoms with Crippen molar-refractivity contribution in [2.24, 2.45) is 0 Å². The van der Waals surface area contributed by atoms with Crippen LogP contribution in [0.2, 0.25) is 0 Å². The maximum absolute atomic E-state index is 14.7. The summed E-state index contributed by atoms with van der Waals surface area (Å²) in [7, 11) is 1.52. The summed E-state index contributed by atoms with van der Waals surface area (Å²) in [4.78, 5) is 24.9. The van der Waals surface area contributed by atoms with E-state index in [1.54, 1.807) is 24.3 Å². The summed E-state index contributed by atoms with van der Waals surface area (Å²) in [6, 6.07) is 13.2. The number of hydrogen-bond donors (Lipinski definition) is 0. The summed E-state index contributed by atoms with van der Waals surface area (Å²) in [5.74, 6) is -4.51. The smallest absolute Gasteiger partial charge is 0.425 e. The molecule has 41 heavy (non-hydrogen) atoms. The van der Waals surface area contributed by atoms with Crippen LogP contribution in [-0.4, -0.2) is 31.3 Å². The molecule has 0 amide bonds. The zero-order valence-electron chi connectivity index (χ0n) is 22.7. The van der Waals surface area contributed by atoms with Crippen LogP contribution in [-0.2, 0) is 4.74 Å². The first-order chi connectivity index (χ1) is 19.5. The molecule has 0 N–H and O–H groups in total. The summed E-state index contributed by atoms with van der Waals surface area (Å²) in [6.07, 6.45) is -3.16. The molecule has 3 aromatic rings. The Morgan fingerprint density at radius 1 is 0.732 bits per heavy atom. The molecule has 0 bridgehead atoms. The number of methoxy groups -OCH3 is 1. The van der Waals surface area contributed by atoms with Gasteiger partial charge in [0.05, 0.1) is 18.2 Å². The van der Waals surface area contributed by atoms with E-state index in [2.05, 4.69) is 4.74 Å². The largest absolute Gasteiger partial charge is 0.497 e. The molecule has 0 fully saturated rings. The van der Waals surface area contributed by atoms with Crippen molar-refractivity contribution < 1.29 is 45.8 Å². The SMILES string of the molecule is CCCCCCCCC(OC(=O)c1ccc(OC(=O)c2ccc(-c3ccc(OC)cc3)cc2F)cc1F)C(F)(F)F. The molecule has 0 heterocycles. The zero-order valence-corrected chi connectivity index (χ0v) is 22.7. The van der Waals surface area contributed by atoms with Crippen LogP contribution in [0.25, 0.3) is 11.1 Å². The molecule has 0 aliphatic carbocycles. The van der Waals surface area contributed by atoms with Crippen molar-refractivity contribution in [3.63, 3.8) is 0 Å². The molecule has 1 atom stereocenters. The van der Waals surface area contributed by atoms with Gasteiger partial charge in [-0.2, -0.15) is 13.2 Å². The number of unbranched alkanes of at least 4 members (excludes halogenated alkanes) is 5. The van der Waals surface area contributed by atoms with Crippen molar-refractivity contribution in [2.45, 2.75) is 64.1 Å². The predicted octanol–water partition coefficient (Wildman–Crippen LogP) is 8.70. The van der Waals surface area contributed by atoms with Crippen LogP contribution in [0, 0.1) is 11.6 Å². The minimum atomic E-state index is -4.81. The zero-order chi connectivity index (χ0) is 30.0. The second-order valence-electron chi connectivity index (χ2n) is 9.45. The summed E-state index contributed by atoms with van der Waals surface area (Å²) in [5.41, 5.74) is -0.0101. The number of rotatable bonds is 13. The monoisotopic (exact) mass is 578 g/mol. The van der Waals surface area contributed by atoms with Gasteiger partial charge in [0, 0.05) is 6.07 Å². The fraction of sp³-hybridized carbons (Fsp3) is 0.355. The van der Waals surface area contributed by atoms with Crippen LogP contribution in [0.1, 0.15) is 72.6 Å². The lowest BCUT2D eigenvalue weighted by molar-refractivity contribution is -0.206. The molecule has 0 spiro atoms. The van der Waals surface area contributed by atoms with E-state index >= 15 is 0 Å². The normalized spacial score (nSPS) is 12.1. The Balaban J connectivity index is 1.64. The first kappa shape index (κ1) is 31.6. The van der Waals surface area contributed by atoms with E-state index in [0.29, 0.717) is 29.4 Å². The van der Waals surface area contributed by atoms with Gasteiger partial charge in [0.15, 0.2) is 6.10 Å². The summed E-state index contributed by atoms with van der Waals surface area (Å²) >= 11 is 0. The lowest BCUT2D eigenvalue weighted by atomic mass is 10.0. The third-order valence-corrected chi connectivity index (χ3v) is 6.42. The first-order valence-corrected chi connectivity index (χ1v) is 13.3. The van der Waals surface area contributed by atoms with Gasteiger partial charge in [0.25, 0.3) is 0 Å². The average Bonchev–Trinajstić information content (AvgIpc) is 2.93. The Kier molecular flexibility index (Phi) is 11.3. The lowest BCUT2D eigenvalue weighted by Crippen LogP contribution is -2.34. The average molecular weight is 579 g/mol. The van der Waals surface area contributed by atoms with Crippen LogP contribution in [0.5, 0.6) is 11.5 Å². The molecular weight excluding hydrogens is 547 g/mol. The third-order valence-electron chi connectivity index (χ3n) is 6.42. The van der Waals surface area contributed by atoms with Crippen molar-refractivity contribution in [3.05, 3.63) is 83.4 Å². The molecule has 0 saturated heterocycles. The lowest BCUT2D eigenvalue weighted by Gasteiger charge is -2.21.